The van der Waals surface area contributed by atoms with E-state index in [0.717, 1.165) is 43.5 Å². The van der Waals surface area contributed by atoms with Crippen LogP contribution in [-0.2, 0) is 9.59 Å². The van der Waals surface area contributed by atoms with Crippen molar-refractivity contribution in [2.45, 2.75) is 31.3 Å². The van der Waals surface area contributed by atoms with Gasteiger partial charge in [0.2, 0.25) is 11.8 Å². The fraction of sp³-hybridized carbons (Fsp3) is 0.227. The van der Waals surface area contributed by atoms with Crippen molar-refractivity contribution in [2.75, 3.05) is 16.0 Å². The van der Waals surface area contributed by atoms with E-state index >= 15 is 0 Å². The Kier molecular flexibility index (Phi) is 5.46. The molecule has 0 atom stereocenters. The fourth-order valence-electron chi connectivity index (χ4n) is 3.77. The van der Waals surface area contributed by atoms with Gasteiger partial charge in [-0.25, -0.2) is 0 Å². The maximum atomic E-state index is 12.6. The van der Waals surface area contributed by atoms with Crippen LogP contribution in [0.2, 0.25) is 5.02 Å². The predicted molar refractivity (Wildman–Crippen MR) is 117 cm³/mol. The Morgan fingerprint density at radius 3 is 2.17 bits per heavy atom. The number of fused-ring (bicyclic) bond motifs is 1. The maximum absolute atomic E-state index is 12.6. The summed E-state index contributed by atoms with van der Waals surface area (Å²) in [4.78, 5) is 36.7. The van der Waals surface area contributed by atoms with Crippen molar-refractivity contribution in [1.29, 1.82) is 0 Å². The monoisotopic (exact) mass is 424 g/mol. The van der Waals surface area contributed by atoms with E-state index in [9.17, 15) is 14.4 Å². The third kappa shape index (κ3) is 4.46. The molecule has 1 fully saturated rings. The molecule has 0 aromatic heterocycles. The van der Waals surface area contributed by atoms with E-state index in [4.69, 9.17) is 11.6 Å². The number of hydrogen-bond acceptors (Lipinski definition) is 4. The number of rotatable bonds is 4. The summed E-state index contributed by atoms with van der Waals surface area (Å²) < 4.78 is 0. The van der Waals surface area contributed by atoms with Crippen LogP contribution in [0.1, 0.15) is 36.0 Å². The summed E-state index contributed by atoms with van der Waals surface area (Å²) >= 11 is 5.80. The van der Waals surface area contributed by atoms with Gasteiger partial charge in [0.1, 0.15) is 5.66 Å². The Bertz CT molecular complexity index is 1030. The summed E-state index contributed by atoms with van der Waals surface area (Å²) in [6.07, 6.45) is 6.24. The van der Waals surface area contributed by atoms with Crippen LogP contribution in [0.4, 0.5) is 17.1 Å². The van der Waals surface area contributed by atoms with Gasteiger partial charge in [0.15, 0.2) is 0 Å². The molecule has 2 aromatic carbocycles. The molecule has 8 heteroatoms. The van der Waals surface area contributed by atoms with Crippen LogP contribution in [0.25, 0.3) is 0 Å². The highest BCUT2D eigenvalue weighted by Crippen LogP contribution is 2.36. The van der Waals surface area contributed by atoms with E-state index in [-0.39, 0.29) is 11.6 Å². The first-order valence-electron chi connectivity index (χ1n) is 9.73. The summed E-state index contributed by atoms with van der Waals surface area (Å²) in [5, 5.41) is 12.4. The lowest BCUT2D eigenvalue weighted by atomic mass is 10.0. The average Bonchev–Trinajstić information content (AvgIpc) is 3.16. The van der Waals surface area contributed by atoms with Gasteiger partial charge in [-0.2, -0.15) is 0 Å². The van der Waals surface area contributed by atoms with Gasteiger partial charge >= 0.3 is 0 Å². The summed E-state index contributed by atoms with van der Waals surface area (Å²) in [6.45, 7) is 0. The maximum Gasteiger partial charge on any atom is 0.255 e. The minimum atomic E-state index is -0.474. The molecule has 0 radical (unpaired) electrons. The molecule has 1 saturated carbocycles. The summed E-state index contributed by atoms with van der Waals surface area (Å²) in [7, 11) is 0. The third-order valence-corrected chi connectivity index (χ3v) is 5.47. The van der Waals surface area contributed by atoms with E-state index in [0.29, 0.717) is 22.0 Å². The zero-order valence-electron chi connectivity index (χ0n) is 16.1. The number of benzene rings is 2. The first-order valence-corrected chi connectivity index (χ1v) is 10.1. The van der Waals surface area contributed by atoms with Crippen molar-refractivity contribution in [2.24, 2.45) is 0 Å². The average molecular weight is 425 g/mol. The quantitative estimate of drug-likeness (QED) is 0.559. The van der Waals surface area contributed by atoms with Crippen molar-refractivity contribution < 1.29 is 14.4 Å². The molecule has 0 unspecified atom stereocenters. The number of amides is 3. The SMILES string of the molecule is O=C(/C=C/C(=O)Nc1ccc2c(c1)C(=O)NC1(CCCC1)N2)Nc1ccc(Cl)cc1. The Morgan fingerprint density at radius 2 is 1.50 bits per heavy atom. The van der Waals surface area contributed by atoms with Gasteiger partial charge in [-0.05, 0) is 68.1 Å². The van der Waals surface area contributed by atoms with Crippen molar-refractivity contribution in [3.05, 3.63) is 65.2 Å². The van der Waals surface area contributed by atoms with Gasteiger partial charge in [0, 0.05) is 34.2 Å². The second kappa shape index (κ2) is 8.20. The highest BCUT2D eigenvalue weighted by Gasteiger charge is 2.39. The van der Waals surface area contributed by atoms with Gasteiger partial charge in [-0.15, -0.1) is 0 Å². The minimum absolute atomic E-state index is 0.153. The van der Waals surface area contributed by atoms with Crippen LogP contribution in [0.15, 0.2) is 54.6 Å². The molecule has 1 spiro atoms. The Morgan fingerprint density at radius 1 is 0.900 bits per heavy atom. The molecule has 2 aliphatic rings. The summed E-state index contributed by atoms with van der Waals surface area (Å²) in [5.74, 6) is -1.07. The van der Waals surface area contributed by atoms with Crippen LogP contribution in [0.5, 0.6) is 0 Å². The highest BCUT2D eigenvalue weighted by atomic mass is 35.5. The second-order valence-corrected chi connectivity index (χ2v) is 7.88. The molecule has 4 rings (SSSR count). The first-order chi connectivity index (χ1) is 14.4. The standard InChI is InChI=1S/C22H21ClN4O3/c23-14-3-5-15(6-4-14)24-19(28)9-10-20(29)25-16-7-8-18-17(13-16)21(30)27-22(26-18)11-1-2-12-22/h3-10,13,26H,1-2,11-12H2,(H,24,28)(H,25,29)(H,27,30)/b10-9+. The number of hydrogen-bond donors (Lipinski definition) is 4. The van der Waals surface area contributed by atoms with Gasteiger partial charge in [0.05, 0.1) is 5.56 Å². The molecule has 154 valence electrons. The van der Waals surface area contributed by atoms with Gasteiger partial charge in [-0.1, -0.05) is 11.6 Å². The smallest absolute Gasteiger partial charge is 0.255 e. The van der Waals surface area contributed by atoms with Crippen LogP contribution in [0.3, 0.4) is 0 Å². The van der Waals surface area contributed by atoms with Crippen molar-refractivity contribution in [1.82, 2.24) is 5.32 Å². The van der Waals surface area contributed by atoms with Crippen LogP contribution < -0.4 is 21.3 Å². The van der Waals surface area contributed by atoms with Crippen molar-refractivity contribution in [3.8, 4) is 0 Å². The molecule has 1 heterocycles. The molecule has 7 nitrogen and oxygen atoms in total. The molecule has 3 amide bonds. The van der Waals surface area contributed by atoms with E-state index in [1.54, 1.807) is 42.5 Å². The van der Waals surface area contributed by atoms with Crippen LogP contribution in [0, 0.1) is 0 Å². The lowest BCUT2D eigenvalue weighted by Gasteiger charge is -2.37. The molecule has 1 aliphatic heterocycles. The highest BCUT2D eigenvalue weighted by molar-refractivity contribution is 6.30. The largest absolute Gasteiger partial charge is 0.362 e. The van der Waals surface area contributed by atoms with Crippen molar-refractivity contribution >= 4 is 46.4 Å². The van der Waals surface area contributed by atoms with Gasteiger partial charge in [0.25, 0.3) is 5.91 Å². The summed E-state index contributed by atoms with van der Waals surface area (Å²) in [5.41, 5.74) is 1.93. The van der Waals surface area contributed by atoms with Crippen LogP contribution in [-0.4, -0.2) is 23.4 Å². The number of halogens is 1. The van der Waals surface area contributed by atoms with E-state index in [1.165, 1.54) is 0 Å². The zero-order valence-corrected chi connectivity index (χ0v) is 16.9. The summed E-state index contributed by atoms with van der Waals surface area (Å²) in [6, 6.07) is 11.8. The fourth-order valence-corrected chi connectivity index (χ4v) is 3.90. The zero-order chi connectivity index (χ0) is 21.1. The molecule has 2 aromatic rings. The molecule has 0 saturated heterocycles. The lowest BCUT2D eigenvalue weighted by molar-refractivity contribution is -0.114. The van der Waals surface area contributed by atoms with Crippen LogP contribution >= 0.6 is 11.6 Å². The molecular formula is C22H21ClN4O3. The van der Waals surface area contributed by atoms with E-state index in [1.807, 2.05) is 0 Å². The minimum Gasteiger partial charge on any atom is -0.362 e. The van der Waals surface area contributed by atoms with E-state index in [2.05, 4.69) is 21.3 Å². The molecule has 4 N–H and O–H groups in total. The number of carbonyl (C=O) groups is 3. The van der Waals surface area contributed by atoms with E-state index < -0.39 is 11.8 Å². The molecule has 30 heavy (non-hydrogen) atoms. The van der Waals surface area contributed by atoms with Gasteiger partial charge < -0.3 is 21.3 Å². The normalized spacial score (nSPS) is 16.6. The van der Waals surface area contributed by atoms with Crippen molar-refractivity contribution in [3.63, 3.8) is 0 Å². The lowest BCUT2D eigenvalue weighted by Crippen LogP contribution is -2.55. The number of anilines is 3. The number of nitrogens with one attached hydrogen (secondary N) is 4. The third-order valence-electron chi connectivity index (χ3n) is 5.21. The topological polar surface area (TPSA) is 99.3 Å². The molecule has 0 bridgehead atoms. The second-order valence-electron chi connectivity index (χ2n) is 7.45. The molecule has 1 aliphatic carbocycles. The molecular weight excluding hydrogens is 404 g/mol. The number of carbonyl (C=O) groups excluding carboxylic acids is 3. The Labute approximate surface area is 178 Å². The first kappa shape index (κ1) is 20.0. The van der Waals surface area contributed by atoms with Gasteiger partial charge in [-0.3, -0.25) is 14.4 Å². The Hall–Kier alpha value is -3.32. The Balaban J connectivity index is 1.37. The predicted octanol–water partition coefficient (Wildman–Crippen LogP) is 3.90.